The van der Waals surface area contributed by atoms with Crippen LogP contribution < -0.4 is 0 Å². The van der Waals surface area contributed by atoms with Crippen molar-refractivity contribution in [2.24, 2.45) is 5.92 Å². The molecule has 0 aromatic carbocycles. The Morgan fingerprint density at radius 2 is 2.21 bits per heavy atom. The van der Waals surface area contributed by atoms with Gasteiger partial charge < -0.3 is 14.9 Å². The summed E-state index contributed by atoms with van der Waals surface area (Å²) in [6, 6.07) is 0. The van der Waals surface area contributed by atoms with E-state index >= 15 is 0 Å². The van der Waals surface area contributed by atoms with E-state index in [2.05, 4.69) is 19.9 Å². The first-order valence-electron chi connectivity index (χ1n) is 7.98. The third-order valence-corrected chi connectivity index (χ3v) is 4.72. The van der Waals surface area contributed by atoms with Gasteiger partial charge in [-0.3, -0.25) is 4.79 Å². The van der Waals surface area contributed by atoms with Gasteiger partial charge in [0, 0.05) is 11.1 Å². The van der Waals surface area contributed by atoms with Crippen LogP contribution in [0.4, 0.5) is 0 Å². The van der Waals surface area contributed by atoms with Gasteiger partial charge in [-0.05, 0) is 31.9 Å². The maximum atomic E-state index is 12.1. The van der Waals surface area contributed by atoms with Gasteiger partial charge in [-0.1, -0.05) is 49.6 Å². The lowest BCUT2D eigenvalue weighted by Gasteiger charge is -2.35. The second kappa shape index (κ2) is 7.09. The summed E-state index contributed by atoms with van der Waals surface area (Å²) >= 11 is 6.09. The number of fused-ring (bicyclic) bond motifs is 1. The molecule has 3 atom stereocenters. The molecule has 0 saturated carbocycles. The molecule has 4 nitrogen and oxygen atoms in total. The zero-order valence-electron chi connectivity index (χ0n) is 14.3. The van der Waals surface area contributed by atoms with Crippen molar-refractivity contribution in [2.75, 3.05) is 0 Å². The molecule has 2 rings (SSSR count). The van der Waals surface area contributed by atoms with Crippen LogP contribution >= 0.6 is 11.6 Å². The van der Waals surface area contributed by atoms with Crippen LogP contribution in [0.3, 0.4) is 0 Å². The zero-order chi connectivity index (χ0) is 18.1. The van der Waals surface area contributed by atoms with Gasteiger partial charge in [0.15, 0.2) is 5.60 Å². The van der Waals surface area contributed by atoms with Crippen LogP contribution in [0.15, 0.2) is 58.1 Å². The van der Waals surface area contributed by atoms with Crippen LogP contribution in [0.2, 0.25) is 0 Å². The smallest absolute Gasteiger partial charge is 0.209 e. The Morgan fingerprint density at radius 3 is 2.83 bits per heavy atom. The van der Waals surface area contributed by atoms with E-state index in [1.54, 1.807) is 12.2 Å². The summed E-state index contributed by atoms with van der Waals surface area (Å²) < 4.78 is 5.49. The number of rotatable bonds is 4. The van der Waals surface area contributed by atoms with Crippen LogP contribution in [0.25, 0.3) is 0 Å². The lowest BCUT2D eigenvalue weighted by Crippen LogP contribution is -2.51. The van der Waals surface area contributed by atoms with Gasteiger partial charge in [-0.25, -0.2) is 0 Å². The Labute approximate surface area is 147 Å². The first-order valence-corrected chi connectivity index (χ1v) is 8.36. The highest BCUT2D eigenvalue weighted by Gasteiger charge is 2.48. The number of carbonyl (C=O) groups is 1. The Hall–Kier alpha value is -1.62. The topological polar surface area (TPSA) is 66.8 Å². The third-order valence-electron chi connectivity index (χ3n) is 4.34. The normalized spacial score (nSPS) is 29.2. The van der Waals surface area contributed by atoms with Crippen molar-refractivity contribution >= 4 is 17.4 Å². The lowest BCUT2D eigenvalue weighted by molar-refractivity contribution is -0.140. The predicted molar refractivity (Wildman–Crippen MR) is 94.1 cm³/mol. The summed E-state index contributed by atoms with van der Waals surface area (Å²) in [6.07, 6.45) is 8.48. The van der Waals surface area contributed by atoms with Gasteiger partial charge in [-0.15, -0.1) is 0 Å². The molecule has 0 amide bonds. The first-order chi connectivity index (χ1) is 11.2. The molecule has 1 aliphatic heterocycles. The molecule has 0 spiro atoms. The van der Waals surface area contributed by atoms with Gasteiger partial charge in [0.2, 0.25) is 5.78 Å². The molecule has 0 saturated heterocycles. The van der Waals surface area contributed by atoms with Crippen molar-refractivity contribution in [3.63, 3.8) is 0 Å². The van der Waals surface area contributed by atoms with Crippen molar-refractivity contribution in [3.05, 3.63) is 58.1 Å². The summed E-state index contributed by atoms with van der Waals surface area (Å²) in [6.45, 7) is 7.52. The molecule has 130 valence electrons. The fraction of sp³-hybridized carbons (Fsp3) is 0.421. The number of aliphatic hydroxyl groups excluding tert-OH is 1. The molecule has 0 radical (unpaired) electrons. The van der Waals surface area contributed by atoms with Gasteiger partial charge in [0.25, 0.3) is 0 Å². The van der Waals surface area contributed by atoms with Gasteiger partial charge in [-0.2, -0.15) is 0 Å². The van der Waals surface area contributed by atoms with Crippen LogP contribution in [0, 0.1) is 5.92 Å². The van der Waals surface area contributed by atoms with Crippen LogP contribution in [0.5, 0.6) is 0 Å². The number of Topliss-reactive ketones (excluding diaryl/α,β-unsaturated/α-hetero) is 1. The summed E-state index contributed by atoms with van der Waals surface area (Å²) in [5.41, 5.74) is -0.165. The van der Waals surface area contributed by atoms with Crippen molar-refractivity contribution in [1.82, 2.24) is 0 Å². The highest BCUT2D eigenvalue weighted by atomic mass is 35.5. The third kappa shape index (κ3) is 3.56. The number of hydrogen-bond acceptors (Lipinski definition) is 4. The fourth-order valence-electron chi connectivity index (χ4n) is 2.55. The number of hydrogen-bond donors (Lipinski definition) is 2. The van der Waals surface area contributed by atoms with Crippen LogP contribution in [-0.2, 0) is 9.53 Å². The molecule has 1 aliphatic carbocycles. The minimum absolute atomic E-state index is 0.0994. The van der Waals surface area contributed by atoms with Gasteiger partial charge in [0.05, 0.1) is 11.3 Å². The van der Waals surface area contributed by atoms with E-state index in [1.807, 2.05) is 13.0 Å². The number of carbonyl (C=O) groups excluding carboxylic acids is 1. The lowest BCUT2D eigenvalue weighted by atomic mass is 9.79. The van der Waals surface area contributed by atoms with E-state index in [0.717, 1.165) is 12.0 Å². The largest absolute Gasteiger partial charge is 0.465 e. The highest BCUT2D eigenvalue weighted by molar-refractivity contribution is 6.45. The molecular formula is C19H23ClO4. The number of aliphatic hydroxyl groups is 2. The van der Waals surface area contributed by atoms with E-state index in [9.17, 15) is 15.0 Å². The Kier molecular flexibility index (Phi) is 5.53. The number of allylic oxidation sites excluding steroid dienone is 5. The molecule has 1 heterocycles. The van der Waals surface area contributed by atoms with E-state index in [0.29, 0.717) is 22.8 Å². The van der Waals surface area contributed by atoms with Crippen molar-refractivity contribution in [3.8, 4) is 0 Å². The maximum absolute atomic E-state index is 12.1. The Bertz CT molecular complexity index is 692. The number of ether oxygens (including phenoxy) is 1. The molecule has 0 aromatic rings. The number of ketones is 1. The summed E-state index contributed by atoms with van der Waals surface area (Å²) in [5.74, 6) is 0.302. The average molecular weight is 351 g/mol. The summed E-state index contributed by atoms with van der Waals surface area (Å²) in [4.78, 5) is 12.1. The SMILES string of the molecule is CCC(C)/C=C(C)/C=C/C1=CC2=C(Cl)C(=O)C(C)(O)C(O)C2=CO1. The number of halogens is 1. The van der Waals surface area contributed by atoms with E-state index in [-0.39, 0.29) is 5.03 Å². The molecule has 0 bridgehead atoms. The first kappa shape index (κ1) is 18.7. The minimum atomic E-state index is -1.95. The average Bonchev–Trinajstić information content (AvgIpc) is 2.56. The van der Waals surface area contributed by atoms with E-state index in [4.69, 9.17) is 16.3 Å². The summed E-state index contributed by atoms with van der Waals surface area (Å²) in [7, 11) is 0. The molecule has 0 aromatic heterocycles. The van der Waals surface area contributed by atoms with Crippen molar-refractivity contribution in [2.45, 2.75) is 45.8 Å². The van der Waals surface area contributed by atoms with Crippen LogP contribution in [-0.4, -0.2) is 27.7 Å². The van der Waals surface area contributed by atoms with Gasteiger partial charge in [0.1, 0.15) is 11.9 Å². The van der Waals surface area contributed by atoms with Crippen molar-refractivity contribution in [1.29, 1.82) is 0 Å². The predicted octanol–water partition coefficient (Wildman–Crippen LogP) is 3.52. The second-order valence-corrected chi connectivity index (χ2v) is 6.85. The molecular weight excluding hydrogens is 328 g/mol. The maximum Gasteiger partial charge on any atom is 0.209 e. The van der Waals surface area contributed by atoms with Gasteiger partial charge >= 0.3 is 0 Å². The second-order valence-electron chi connectivity index (χ2n) is 6.47. The molecule has 3 unspecified atom stereocenters. The minimum Gasteiger partial charge on any atom is -0.465 e. The van der Waals surface area contributed by atoms with E-state index in [1.165, 1.54) is 13.2 Å². The van der Waals surface area contributed by atoms with E-state index < -0.39 is 17.5 Å². The molecule has 5 heteroatoms. The quantitative estimate of drug-likeness (QED) is 0.761. The standard InChI is InChI=1S/C19H23ClO4/c1-5-11(2)8-12(3)6-7-13-9-14-15(10-24-13)17(21)19(4,23)18(22)16(14)20/h6-11,17,21,23H,5H2,1-4H3/b7-6+,12-8+. The molecule has 2 N–H and O–H groups in total. The Balaban J connectivity index is 2.30. The van der Waals surface area contributed by atoms with Crippen LogP contribution in [0.1, 0.15) is 34.1 Å². The monoisotopic (exact) mass is 350 g/mol. The van der Waals surface area contributed by atoms with Crippen molar-refractivity contribution < 1.29 is 19.7 Å². The molecule has 24 heavy (non-hydrogen) atoms. The molecule has 2 aliphatic rings. The zero-order valence-corrected chi connectivity index (χ0v) is 15.1. The Morgan fingerprint density at radius 1 is 1.54 bits per heavy atom. The summed E-state index contributed by atoms with van der Waals surface area (Å²) in [5, 5.41) is 20.2. The fourth-order valence-corrected chi connectivity index (χ4v) is 2.91. The molecule has 0 fully saturated rings. The highest BCUT2D eigenvalue weighted by Crippen LogP contribution is 2.39.